The molecule has 0 saturated carbocycles. The van der Waals surface area contributed by atoms with Gasteiger partial charge in [0.25, 0.3) is 0 Å². The van der Waals surface area contributed by atoms with Crippen LogP contribution in [0.4, 0.5) is 4.39 Å². The Kier molecular flexibility index (Phi) is 4.55. The van der Waals surface area contributed by atoms with Gasteiger partial charge >= 0.3 is 0 Å². The molecule has 94 valence electrons. The van der Waals surface area contributed by atoms with Gasteiger partial charge in [0, 0.05) is 10.5 Å². The van der Waals surface area contributed by atoms with E-state index >= 15 is 0 Å². The second kappa shape index (κ2) is 6.16. The van der Waals surface area contributed by atoms with Crippen molar-refractivity contribution in [2.45, 2.75) is 29.7 Å². The Bertz CT molecular complexity index is 548. The summed E-state index contributed by atoms with van der Waals surface area (Å²) in [7, 11) is 0. The maximum absolute atomic E-state index is 13.6. The summed E-state index contributed by atoms with van der Waals surface area (Å²) in [6.45, 7) is 2.06. The van der Waals surface area contributed by atoms with Gasteiger partial charge in [0.1, 0.15) is 22.3 Å². The van der Waals surface area contributed by atoms with Crippen LogP contribution in [0.2, 0.25) is 5.15 Å². The molecule has 5 heteroatoms. The lowest BCUT2D eigenvalue weighted by Gasteiger charge is -2.08. The molecule has 0 bridgehead atoms. The van der Waals surface area contributed by atoms with Crippen molar-refractivity contribution in [3.05, 3.63) is 47.1 Å². The minimum absolute atomic E-state index is 0.250. The van der Waals surface area contributed by atoms with E-state index in [2.05, 4.69) is 16.9 Å². The van der Waals surface area contributed by atoms with Crippen molar-refractivity contribution < 1.29 is 4.39 Å². The molecule has 2 nitrogen and oxygen atoms in total. The van der Waals surface area contributed by atoms with E-state index in [1.807, 2.05) is 0 Å². The molecule has 0 saturated heterocycles. The lowest BCUT2D eigenvalue weighted by molar-refractivity contribution is 0.602. The van der Waals surface area contributed by atoms with E-state index < -0.39 is 0 Å². The van der Waals surface area contributed by atoms with Crippen LogP contribution in [0.5, 0.6) is 0 Å². The molecule has 1 heterocycles. The lowest BCUT2D eigenvalue weighted by atomic mass is 10.2. The van der Waals surface area contributed by atoms with Crippen molar-refractivity contribution in [1.29, 1.82) is 0 Å². The van der Waals surface area contributed by atoms with Crippen LogP contribution in [0.1, 0.15) is 18.9 Å². The molecular formula is C13H12ClFN2S. The predicted octanol–water partition coefficient (Wildman–Crippen LogP) is 4.37. The summed E-state index contributed by atoms with van der Waals surface area (Å²) in [4.78, 5) is 8.71. The number of hydrogen-bond acceptors (Lipinski definition) is 3. The predicted molar refractivity (Wildman–Crippen MR) is 71.6 cm³/mol. The van der Waals surface area contributed by atoms with E-state index in [-0.39, 0.29) is 5.82 Å². The lowest BCUT2D eigenvalue weighted by Crippen LogP contribution is -1.95. The van der Waals surface area contributed by atoms with Gasteiger partial charge in [0.2, 0.25) is 0 Å². The quantitative estimate of drug-likeness (QED) is 0.779. The van der Waals surface area contributed by atoms with Crippen molar-refractivity contribution >= 4 is 23.4 Å². The molecule has 18 heavy (non-hydrogen) atoms. The molecule has 0 aliphatic carbocycles. The summed E-state index contributed by atoms with van der Waals surface area (Å²) in [5, 5.41) is 1.17. The summed E-state index contributed by atoms with van der Waals surface area (Å²) in [6.07, 6.45) is 3.14. The largest absolute Gasteiger partial charge is 0.229 e. The van der Waals surface area contributed by atoms with Gasteiger partial charge in [-0.05, 0) is 18.6 Å². The molecule has 0 fully saturated rings. The van der Waals surface area contributed by atoms with Gasteiger partial charge < -0.3 is 0 Å². The first kappa shape index (κ1) is 13.3. The number of aromatic nitrogens is 2. The number of hydrogen-bond donors (Lipinski definition) is 0. The Balaban J connectivity index is 2.34. The van der Waals surface area contributed by atoms with Gasteiger partial charge in [-0.15, -0.1) is 0 Å². The first-order valence-corrected chi connectivity index (χ1v) is 6.83. The third-order valence-corrected chi connectivity index (χ3v) is 3.82. The SMILES string of the molecule is CCCc1c(Cl)ncnc1Sc1ccccc1F. The maximum atomic E-state index is 13.6. The molecule has 0 spiro atoms. The molecule has 0 atom stereocenters. The van der Waals surface area contributed by atoms with Crippen LogP contribution in [-0.4, -0.2) is 9.97 Å². The Morgan fingerprint density at radius 3 is 2.78 bits per heavy atom. The first-order chi connectivity index (χ1) is 8.72. The van der Waals surface area contributed by atoms with Crippen molar-refractivity contribution in [2.75, 3.05) is 0 Å². The zero-order chi connectivity index (χ0) is 13.0. The van der Waals surface area contributed by atoms with Crippen LogP contribution in [0.15, 0.2) is 40.5 Å². The van der Waals surface area contributed by atoms with E-state index in [1.165, 1.54) is 24.2 Å². The number of nitrogens with zero attached hydrogens (tertiary/aromatic N) is 2. The summed E-state index contributed by atoms with van der Waals surface area (Å²) < 4.78 is 13.6. The zero-order valence-corrected chi connectivity index (χ0v) is 11.4. The van der Waals surface area contributed by atoms with Crippen molar-refractivity contribution in [3.63, 3.8) is 0 Å². The topological polar surface area (TPSA) is 25.8 Å². The Labute approximate surface area is 115 Å². The summed E-state index contributed by atoms with van der Waals surface area (Å²) in [5.41, 5.74) is 0.884. The summed E-state index contributed by atoms with van der Waals surface area (Å²) >= 11 is 7.34. The standard InChI is InChI=1S/C13H12ClFN2S/c1-2-5-9-12(14)16-8-17-13(9)18-11-7-4-3-6-10(11)15/h3-4,6-8H,2,5H2,1H3. The van der Waals surface area contributed by atoms with Crippen LogP contribution in [0.25, 0.3) is 0 Å². The highest BCUT2D eigenvalue weighted by atomic mass is 35.5. The Morgan fingerprint density at radius 1 is 1.28 bits per heavy atom. The smallest absolute Gasteiger partial charge is 0.137 e. The fourth-order valence-corrected chi connectivity index (χ4v) is 2.78. The molecule has 0 aliphatic rings. The average molecular weight is 283 g/mol. The fraction of sp³-hybridized carbons (Fsp3) is 0.231. The van der Waals surface area contributed by atoms with Crippen molar-refractivity contribution in [1.82, 2.24) is 9.97 Å². The maximum Gasteiger partial charge on any atom is 0.137 e. The second-order valence-corrected chi connectivity index (χ2v) is 5.12. The minimum Gasteiger partial charge on any atom is -0.229 e. The molecule has 1 aromatic carbocycles. The molecule has 2 aromatic rings. The first-order valence-electron chi connectivity index (χ1n) is 5.64. The van der Waals surface area contributed by atoms with Crippen LogP contribution in [-0.2, 0) is 6.42 Å². The van der Waals surface area contributed by atoms with Gasteiger partial charge in [-0.3, -0.25) is 0 Å². The van der Waals surface area contributed by atoms with Crippen LogP contribution in [0, 0.1) is 5.82 Å². The minimum atomic E-state index is -0.250. The number of benzene rings is 1. The molecule has 0 radical (unpaired) electrons. The van der Waals surface area contributed by atoms with Crippen molar-refractivity contribution in [3.8, 4) is 0 Å². The summed E-state index contributed by atoms with van der Waals surface area (Å²) in [5.74, 6) is -0.250. The molecule has 1 aromatic heterocycles. The van der Waals surface area contributed by atoms with Gasteiger partial charge in [-0.2, -0.15) is 0 Å². The van der Waals surface area contributed by atoms with E-state index in [4.69, 9.17) is 11.6 Å². The van der Waals surface area contributed by atoms with E-state index in [9.17, 15) is 4.39 Å². The molecule has 0 aliphatic heterocycles. The molecule has 2 rings (SSSR count). The van der Waals surface area contributed by atoms with Crippen LogP contribution in [0.3, 0.4) is 0 Å². The number of halogens is 2. The Hall–Kier alpha value is -1.13. The highest BCUT2D eigenvalue weighted by Gasteiger charge is 2.12. The molecule has 0 N–H and O–H groups in total. The second-order valence-electron chi connectivity index (χ2n) is 3.73. The van der Waals surface area contributed by atoms with E-state index in [0.717, 1.165) is 23.4 Å². The monoisotopic (exact) mass is 282 g/mol. The fourth-order valence-electron chi connectivity index (χ4n) is 1.56. The third-order valence-electron chi connectivity index (χ3n) is 2.40. The zero-order valence-electron chi connectivity index (χ0n) is 9.86. The highest BCUT2D eigenvalue weighted by Crippen LogP contribution is 2.33. The van der Waals surface area contributed by atoms with Gasteiger partial charge in [-0.1, -0.05) is 48.8 Å². The van der Waals surface area contributed by atoms with Gasteiger partial charge in [-0.25, -0.2) is 14.4 Å². The highest BCUT2D eigenvalue weighted by molar-refractivity contribution is 7.99. The Morgan fingerprint density at radius 2 is 2.06 bits per heavy atom. The van der Waals surface area contributed by atoms with E-state index in [1.54, 1.807) is 18.2 Å². The van der Waals surface area contributed by atoms with Crippen LogP contribution >= 0.6 is 23.4 Å². The summed E-state index contributed by atoms with van der Waals surface area (Å²) in [6, 6.07) is 6.63. The van der Waals surface area contributed by atoms with Gasteiger partial charge in [0.15, 0.2) is 0 Å². The van der Waals surface area contributed by atoms with Gasteiger partial charge in [0.05, 0.1) is 0 Å². The van der Waals surface area contributed by atoms with Crippen LogP contribution < -0.4 is 0 Å². The van der Waals surface area contributed by atoms with Crippen molar-refractivity contribution in [2.24, 2.45) is 0 Å². The molecule has 0 amide bonds. The average Bonchev–Trinajstić information content (AvgIpc) is 2.36. The number of rotatable bonds is 4. The molecule has 0 unspecified atom stereocenters. The normalized spacial score (nSPS) is 10.6. The van der Waals surface area contributed by atoms with E-state index in [0.29, 0.717) is 10.0 Å². The molecular weight excluding hydrogens is 271 g/mol. The third kappa shape index (κ3) is 3.00.